The van der Waals surface area contributed by atoms with E-state index in [2.05, 4.69) is 21.2 Å². The van der Waals surface area contributed by atoms with Gasteiger partial charge in [-0.1, -0.05) is 58.4 Å². The molecule has 4 nitrogen and oxygen atoms in total. The molecular weight excluding hydrogens is 394 g/mol. The number of ketones is 1. The van der Waals surface area contributed by atoms with E-state index in [1.165, 1.54) is 0 Å². The van der Waals surface area contributed by atoms with Gasteiger partial charge in [0.25, 0.3) is 0 Å². The van der Waals surface area contributed by atoms with Crippen LogP contribution in [0.4, 0.5) is 4.79 Å². The van der Waals surface area contributed by atoms with Gasteiger partial charge in [0.1, 0.15) is 5.60 Å². The molecule has 26 heavy (non-hydrogen) atoms. The number of ether oxygens (including phenoxy) is 1. The normalized spacial score (nSPS) is 12.3. The fraction of sp³-hybridized carbons (Fsp3) is 0.333. The molecule has 1 atom stereocenters. The van der Waals surface area contributed by atoms with Crippen molar-refractivity contribution in [3.63, 3.8) is 0 Å². The highest BCUT2D eigenvalue weighted by atomic mass is 79.9. The molecule has 0 aliphatic rings. The molecule has 0 fully saturated rings. The van der Waals surface area contributed by atoms with Crippen molar-refractivity contribution < 1.29 is 14.3 Å². The smallest absolute Gasteiger partial charge is 0.408 e. The van der Waals surface area contributed by atoms with Crippen LogP contribution in [0.3, 0.4) is 0 Å². The predicted octanol–water partition coefficient (Wildman–Crippen LogP) is 5.16. The van der Waals surface area contributed by atoms with Crippen LogP contribution in [0.1, 0.15) is 43.1 Å². The third-order valence-electron chi connectivity index (χ3n) is 3.70. The molecule has 2 aromatic rings. The highest BCUT2D eigenvalue weighted by Gasteiger charge is 2.25. The summed E-state index contributed by atoms with van der Waals surface area (Å²) in [6.45, 7) is 5.38. The Labute approximate surface area is 163 Å². The molecule has 1 amide bonds. The minimum Gasteiger partial charge on any atom is -0.444 e. The van der Waals surface area contributed by atoms with Crippen molar-refractivity contribution in [2.24, 2.45) is 0 Å². The number of hydrogen-bond donors (Lipinski definition) is 1. The monoisotopic (exact) mass is 417 g/mol. The van der Waals surface area contributed by atoms with Crippen molar-refractivity contribution in [2.75, 3.05) is 0 Å². The van der Waals surface area contributed by atoms with Gasteiger partial charge < -0.3 is 10.1 Å². The van der Waals surface area contributed by atoms with Crippen molar-refractivity contribution in [3.8, 4) is 0 Å². The first-order valence-electron chi connectivity index (χ1n) is 8.58. The minimum absolute atomic E-state index is 0.126. The maximum absolute atomic E-state index is 12.9. The molecule has 0 heterocycles. The molecule has 2 aromatic carbocycles. The Balaban J connectivity index is 2.12. The highest BCUT2D eigenvalue weighted by molar-refractivity contribution is 9.10. The zero-order chi connectivity index (χ0) is 19.2. The Morgan fingerprint density at radius 1 is 1.04 bits per heavy atom. The van der Waals surface area contributed by atoms with Crippen LogP contribution in [0.2, 0.25) is 0 Å². The standard InChI is InChI=1S/C21H24BrNO3/c1-21(2,3)26-20(25)23-18(14-9-15-7-5-4-6-8-15)19(24)16-10-12-17(22)13-11-16/h4-8,10-13,18H,9,14H2,1-3H3,(H,23,25). The van der Waals surface area contributed by atoms with Crippen LogP contribution in [0.25, 0.3) is 0 Å². The minimum atomic E-state index is -0.647. The maximum atomic E-state index is 12.9. The molecule has 0 radical (unpaired) electrons. The number of carbonyl (C=O) groups is 2. The Morgan fingerprint density at radius 3 is 2.23 bits per heavy atom. The zero-order valence-corrected chi connectivity index (χ0v) is 16.9. The maximum Gasteiger partial charge on any atom is 0.408 e. The van der Waals surface area contributed by atoms with Crippen molar-refractivity contribution in [1.29, 1.82) is 0 Å². The van der Waals surface area contributed by atoms with Crippen molar-refractivity contribution in [1.82, 2.24) is 5.32 Å². The van der Waals surface area contributed by atoms with E-state index in [0.29, 0.717) is 18.4 Å². The van der Waals surface area contributed by atoms with Gasteiger partial charge in [0.05, 0.1) is 6.04 Å². The molecular formula is C21H24BrNO3. The number of amides is 1. The van der Waals surface area contributed by atoms with E-state index in [4.69, 9.17) is 4.74 Å². The molecule has 0 spiro atoms. The third kappa shape index (κ3) is 6.64. The van der Waals surface area contributed by atoms with Gasteiger partial charge in [0.2, 0.25) is 0 Å². The summed E-state index contributed by atoms with van der Waals surface area (Å²) in [6, 6.07) is 16.4. The van der Waals surface area contributed by atoms with Crippen LogP contribution in [0.15, 0.2) is 59.1 Å². The number of benzene rings is 2. The largest absolute Gasteiger partial charge is 0.444 e. The van der Waals surface area contributed by atoms with Crippen LogP contribution in [-0.4, -0.2) is 23.5 Å². The van der Waals surface area contributed by atoms with Gasteiger partial charge in [-0.2, -0.15) is 0 Å². The van der Waals surface area contributed by atoms with Gasteiger partial charge in [-0.15, -0.1) is 0 Å². The lowest BCUT2D eigenvalue weighted by Gasteiger charge is -2.23. The topological polar surface area (TPSA) is 55.4 Å². The van der Waals surface area contributed by atoms with E-state index in [1.54, 1.807) is 32.9 Å². The van der Waals surface area contributed by atoms with Gasteiger partial charge in [-0.3, -0.25) is 4.79 Å². The van der Waals surface area contributed by atoms with Gasteiger partial charge in [-0.05, 0) is 51.3 Å². The van der Waals surface area contributed by atoms with Gasteiger partial charge in [-0.25, -0.2) is 4.79 Å². The summed E-state index contributed by atoms with van der Waals surface area (Å²) in [7, 11) is 0. The summed E-state index contributed by atoms with van der Waals surface area (Å²) < 4.78 is 6.21. The SMILES string of the molecule is CC(C)(C)OC(=O)NC(CCc1ccccc1)C(=O)c1ccc(Br)cc1. The van der Waals surface area contributed by atoms with E-state index in [1.807, 2.05) is 42.5 Å². The Morgan fingerprint density at radius 2 is 1.65 bits per heavy atom. The summed E-state index contributed by atoms with van der Waals surface area (Å²) in [6.07, 6.45) is 0.600. The molecule has 0 aliphatic carbocycles. The van der Waals surface area contributed by atoms with Gasteiger partial charge in [0.15, 0.2) is 5.78 Å². The molecule has 0 aromatic heterocycles. The average Bonchev–Trinajstić information content (AvgIpc) is 2.58. The van der Waals surface area contributed by atoms with Gasteiger partial charge in [0, 0.05) is 10.0 Å². The second kappa shape index (κ2) is 8.99. The van der Waals surface area contributed by atoms with Gasteiger partial charge >= 0.3 is 6.09 Å². The molecule has 0 bridgehead atoms. The van der Waals surface area contributed by atoms with E-state index in [9.17, 15) is 9.59 Å². The van der Waals surface area contributed by atoms with E-state index >= 15 is 0 Å². The molecule has 1 N–H and O–H groups in total. The zero-order valence-electron chi connectivity index (χ0n) is 15.3. The number of halogens is 1. The molecule has 138 valence electrons. The second-order valence-electron chi connectivity index (χ2n) is 7.09. The fourth-order valence-electron chi connectivity index (χ4n) is 2.49. The molecule has 0 saturated carbocycles. The molecule has 2 rings (SSSR count). The Kier molecular flexibility index (Phi) is 6.98. The average molecular weight is 418 g/mol. The molecule has 0 saturated heterocycles. The summed E-state index contributed by atoms with van der Waals surface area (Å²) in [4.78, 5) is 25.1. The molecule has 0 aliphatic heterocycles. The van der Waals surface area contributed by atoms with Crippen LogP contribution < -0.4 is 5.32 Å². The van der Waals surface area contributed by atoms with Crippen LogP contribution in [0, 0.1) is 0 Å². The Hall–Kier alpha value is -2.14. The lowest BCUT2D eigenvalue weighted by Crippen LogP contribution is -2.43. The predicted molar refractivity (Wildman–Crippen MR) is 106 cm³/mol. The summed E-state index contributed by atoms with van der Waals surface area (Å²) in [5, 5.41) is 2.73. The van der Waals surface area contributed by atoms with Crippen molar-refractivity contribution in [2.45, 2.75) is 45.3 Å². The first-order valence-corrected chi connectivity index (χ1v) is 9.37. The number of aryl methyl sites for hydroxylation is 1. The lowest BCUT2D eigenvalue weighted by atomic mass is 9.98. The molecule has 1 unspecified atom stereocenters. The first-order chi connectivity index (χ1) is 12.2. The summed E-state index contributed by atoms with van der Waals surface area (Å²) in [5.41, 5.74) is 1.06. The number of carbonyl (C=O) groups excluding carboxylic acids is 2. The summed E-state index contributed by atoms with van der Waals surface area (Å²) in [5.74, 6) is -0.126. The van der Waals surface area contributed by atoms with Crippen molar-refractivity contribution >= 4 is 27.8 Å². The quantitative estimate of drug-likeness (QED) is 0.660. The van der Waals surface area contributed by atoms with E-state index < -0.39 is 17.7 Å². The van der Waals surface area contributed by atoms with Crippen LogP contribution in [-0.2, 0) is 11.2 Å². The van der Waals surface area contributed by atoms with E-state index in [-0.39, 0.29) is 5.78 Å². The fourth-order valence-corrected chi connectivity index (χ4v) is 2.75. The highest BCUT2D eigenvalue weighted by Crippen LogP contribution is 2.15. The molecule has 5 heteroatoms. The number of Topliss-reactive ketones (excluding diaryl/α,β-unsaturated/α-hetero) is 1. The van der Waals surface area contributed by atoms with E-state index in [0.717, 1.165) is 10.0 Å². The number of nitrogens with one attached hydrogen (secondary N) is 1. The number of hydrogen-bond acceptors (Lipinski definition) is 3. The number of rotatable bonds is 6. The van der Waals surface area contributed by atoms with Crippen molar-refractivity contribution in [3.05, 3.63) is 70.2 Å². The first kappa shape index (κ1) is 20.2. The number of alkyl carbamates (subject to hydrolysis) is 1. The Bertz CT molecular complexity index is 736. The summed E-state index contributed by atoms with van der Waals surface area (Å²) >= 11 is 3.37. The lowest BCUT2D eigenvalue weighted by molar-refractivity contribution is 0.0489. The third-order valence-corrected chi connectivity index (χ3v) is 4.23. The van der Waals surface area contributed by atoms with Crippen LogP contribution in [0.5, 0.6) is 0 Å². The van der Waals surface area contributed by atoms with Crippen LogP contribution >= 0.6 is 15.9 Å². The second-order valence-corrected chi connectivity index (χ2v) is 8.01.